The number of rotatable bonds is 7. The number of methoxy groups -OCH3 is 1. The maximum Gasteiger partial charge on any atom is 0.162 e. The van der Waals surface area contributed by atoms with Crippen molar-refractivity contribution in [1.29, 1.82) is 0 Å². The molecule has 0 aliphatic rings. The number of hydrogen-bond donors (Lipinski definition) is 1. The van der Waals surface area contributed by atoms with Gasteiger partial charge in [-0.2, -0.15) is 5.10 Å². The Morgan fingerprint density at radius 3 is 2.52 bits per heavy atom. The number of ether oxygens (including phenoxy) is 1. The van der Waals surface area contributed by atoms with E-state index in [1.165, 1.54) is 5.56 Å². The summed E-state index contributed by atoms with van der Waals surface area (Å²) in [4.78, 5) is 4.66. The highest BCUT2D eigenvalue weighted by Gasteiger charge is 2.09. The normalized spacial score (nSPS) is 11.1. The van der Waals surface area contributed by atoms with E-state index in [2.05, 4.69) is 51.8 Å². The second-order valence-electron chi connectivity index (χ2n) is 6.40. The summed E-state index contributed by atoms with van der Waals surface area (Å²) >= 11 is 0. The van der Waals surface area contributed by atoms with Crippen LogP contribution in [0.5, 0.6) is 0 Å². The van der Waals surface area contributed by atoms with Gasteiger partial charge in [0.1, 0.15) is 0 Å². The highest BCUT2D eigenvalue weighted by molar-refractivity contribution is 5.77. The lowest BCUT2D eigenvalue weighted by Crippen LogP contribution is -2.18. The summed E-state index contributed by atoms with van der Waals surface area (Å²) in [5, 5.41) is 7.84. The van der Waals surface area contributed by atoms with Crippen LogP contribution in [0.4, 0.5) is 0 Å². The lowest BCUT2D eigenvalue weighted by atomic mass is 10.1. The largest absolute Gasteiger partial charge is 0.383 e. The van der Waals surface area contributed by atoms with Crippen LogP contribution < -0.4 is 5.32 Å². The predicted octanol–water partition coefficient (Wildman–Crippen LogP) is 3.80. The molecule has 0 saturated heterocycles. The van der Waals surface area contributed by atoms with Crippen molar-refractivity contribution in [3.05, 3.63) is 78.8 Å². The summed E-state index contributed by atoms with van der Waals surface area (Å²) in [6.07, 6.45) is 5.81. The molecule has 1 N–H and O–H groups in total. The predicted molar refractivity (Wildman–Crippen MR) is 107 cm³/mol. The molecule has 2 heterocycles. The van der Waals surface area contributed by atoms with Crippen LogP contribution in [0.3, 0.4) is 0 Å². The molecule has 0 radical (unpaired) electrons. The summed E-state index contributed by atoms with van der Waals surface area (Å²) in [6, 6.07) is 18.7. The fourth-order valence-electron chi connectivity index (χ4n) is 3.07. The fourth-order valence-corrected chi connectivity index (χ4v) is 3.07. The molecule has 0 bridgehead atoms. The Labute approximate surface area is 158 Å². The summed E-state index contributed by atoms with van der Waals surface area (Å²) in [5.41, 5.74) is 6.45. The van der Waals surface area contributed by atoms with E-state index in [1.807, 2.05) is 41.3 Å². The molecule has 0 aliphatic carbocycles. The van der Waals surface area contributed by atoms with Crippen molar-refractivity contribution in [3.63, 3.8) is 0 Å². The van der Waals surface area contributed by atoms with Crippen LogP contribution in [0, 0.1) is 0 Å². The van der Waals surface area contributed by atoms with Gasteiger partial charge in [0.2, 0.25) is 0 Å². The summed E-state index contributed by atoms with van der Waals surface area (Å²) < 4.78 is 6.89. The van der Waals surface area contributed by atoms with Crippen LogP contribution in [0.15, 0.2) is 73.2 Å². The summed E-state index contributed by atoms with van der Waals surface area (Å²) in [5.74, 6) is 0. The van der Waals surface area contributed by atoms with Gasteiger partial charge in [-0.1, -0.05) is 54.6 Å². The van der Waals surface area contributed by atoms with E-state index in [0.717, 1.165) is 47.6 Å². The van der Waals surface area contributed by atoms with Crippen molar-refractivity contribution < 1.29 is 4.74 Å². The van der Waals surface area contributed by atoms with Gasteiger partial charge in [-0.05, 0) is 16.7 Å². The zero-order chi connectivity index (χ0) is 18.5. The van der Waals surface area contributed by atoms with Crippen LogP contribution in [0.25, 0.3) is 27.9 Å². The van der Waals surface area contributed by atoms with Crippen LogP contribution in [-0.2, 0) is 11.3 Å². The first-order valence-corrected chi connectivity index (χ1v) is 9.03. The highest BCUT2D eigenvalue weighted by Crippen LogP contribution is 2.25. The molecule has 0 unspecified atom stereocenters. The van der Waals surface area contributed by atoms with Crippen molar-refractivity contribution >= 4 is 5.65 Å². The fraction of sp³-hybridized carbons (Fsp3) is 0.182. The Bertz CT molecular complexity index is 1010. The van der Waals surface area contributed by atoms with Crippen molar-refractivity contribution in [2.45, 2.75) is 6.54 Å². The zero-order valence-electron chi connectivity index (χ0n) is 15.3. The molecule has 5 heteroatoms. The monoisotopic (exact) mass is 358 g/mol. The second kappa shape index (κ2) is 8.12. The Morgan fingerprint density at radius 1 is 0.926 bits per heavy atom. The van der Waals surface area contributed by atoms with E-state index >= 15 is 0 Å². The number of nitrogens with one attached hydrogen (secondary N) is 1. The summed E-state index contributed by atoms with van der Waals surface area (Å²) in [6.45, 7) is 2.40. The molecule has 2 aromatic heterocycles. The van der Waals surface area contributed by atoms with Gasteiger partial charge in [0, 0.05) is 43.7 Å². The van der Waals surface area contributed by atoms with Crippen LogP contribution in [0.2, 0.25) is 0 Å². The number of fused-ring (bicyclic) bond motifs is 1. The minimum atomic E-state index is 0.721. The second-order valence-corrected chi connectivity index (χ2v) is 6.40. The SMILES string of the molecule is COCCNCc1ccc(-c2cnc3c(-c4ccccc4)cnn3c2)cc1. The van der Waals surface area contributed by atoms with Gasteiger partial charge in [-0.3, -0.25) is 0 Å². The smallest absolute Gasteiger partial charge is 0.162 e. The van der Waals surface area contributed by atoms with Crippen molar-refractivity contribution in [1.82, 2.24) is 19.9 Å². The number of benzene rings is 2. The molecule has 27 heavy (non-hydrogen) atoms. The number of nitrogens with zero attached hydrogens (tertiary/aromatic N) is 3. The van der Waals surface area contributed by atoms with Crippen molar-refractivity contribution in [3.8, 4) is 22.3 Å². The van der Waals surface area contributed by atoms with E-state index in [4.69, 9.17) is 4.74 Å². The molecular formula is C22H22N4O. The van der Waals surface area contributed by atoms with Gasteiger partial charge in [0.05, 0.1) is 12.8 Å². The minimum Gasteiger partial charge on any atom is -0.383 e. The maximum absolute atomic E-state index is 5.04. The van der Waals surface area contributed by atoms with E-state index in [-0.39, 0.29) is 0 Å². The Balaban J connectivity index is 1.54. The van der Waals surface area contributed by atoms with Crippen LogP contribution >= 0.6 is 0 Å². The molecule has 2 aromatic carbocycles. The summed E-state index contributed by atoms with van der Waals surface area (Å²) in [7, 11) is 1.71. The van der Waals surface area contributed by atoms with Gasteiger partial charge in [0.15, 0.2) is 5.65 Å². The lowest BCUT2D eigenvalue weighted by Gasteiger charge is -2.07. The van der Waals surface area contributed by atoms with Crippen LogP contribution in [-0.4, -0.2) is 34.9 Å². The first kappa shape index (κ1) is 17.4. The molecule has 4 rings (SSSR count). The third-order valence-corrected chi connectivity index (χ3v) is 4.54. The van der Waals surface area contributed by atoms with E-state index in [1.54, 1.807) is 7.11 Å². The standard InChI is InChI=1S/C22H22N4O/c1-27-12-11-23-13-17-7-9-18(10-8-17)20-14-24-22-21(15-25-26(22)16-20)19-5-3-2-4-6-19/h2-10,14-16,23H,11-13H2,1H3. The van der Waals surface area contributed by atoms with Crippen molar-refractivity contribution in [2.24, 2.45) is 0 Å². The van der Waals surface area contributed by atoms with Gasteiger partial charge in [0.25, 0.3) is 0 Å². The van der Waals surface area contributed by atoms with Gasteiger partial charge >= 0.3 is 0 Å². The first-order valence-electron chi connectivity index (χ1n) is 9.03. The van der Waals surface area contributed by atoms with Crippen LogP contribution in [0.1, 0.15) is 5.56 Å². The van der Waals surface area contributed by atoms with Gasteiger partial charge in [-0.25, -0.2) is 9.50 Å². The molecule has 0 atom stereocenters. The van der Waals surface area contributed by atoms with E-state index in [9.17, 15) is 0 Å². The van der Waals surface area contributed by atoms with E-state index < -0.39 is 0 Å². The van der Waals surface area contributed by atoms with Crippen molar-refractivity contribution in [2.75, 3.05) is 20.3 Å². The average Bonchev–Trinajstić information content (AvgIpc) is 3.16. The quantitative estimate of drug-likeness (QED) is 0.511. The Hall–Kier alpha value is -3.02. The zero-order valence-corrected chi connectivity index (χ0v) is 15.3. The molecule has 0 amide bonds. The maximum atomic E-state index is 5.04. The molecule has 4 aromatic rings. The Kier molecular flexibility index (Phi) is 5.23. The van der Waals surface area contributed by atoms with Gasteiger partial charge < -0.3 is 10.1 Å². The number of aromatic nitrogens is 3. The van der Waals surface area contributed by atoms with Gasteiger partial charge in [-0.15, -0.1) is 0 Å². The Morgan fingerprint density at radius 2 is 1.74 bits per heavy atom. The minimum absolute atomic E-state index is 0.721. The lowest BCUT2D eigenvalue weighted by molar-refractivity contribution is 0.199. The topological polar surface area (TPSA) is 51.5 Å². The first-order chi connectivity index (χ1) is 13.3. The molecule has 0 aliphatic heterocycles. The molecule has 5 nitrogen and oxygen atoms in total. The third-order valence-electron chi connectivity index (χ3n) is 4.54. The highest BCUT2D eigenvalue weighted by atomic mass is 16.5. The molecule has 136 valence electrons. The molecule has 0 saturated carbocycles. The third kappa shape index (κ3) is 3.89. The molecule has 0 spiro atoms. The molecular weight excluding hydrogens is 336 g/mol. The number of hydrogen-bond acceptors (Lipinski definition) is 4. The molecule has 0 fully saturated rings. The van der Waals surface area contributed by atoms with E-state index in [0.29, 0.717) is 0 Å². The average molecular weight is 358 g/mol.